The molecule has 0 saturated carbocycles. The standard InChI is InChI=1S/C21H22N2O5/c1-21(2)27-18-17(24)15(26-20(18)28-21)8-5-9-23-11-13-10-12-6-3-4-7-14(12)22-16(13)19(23)25/h3-8,10,15,17-18,20,24H,9,11H2,1-2H3/b8-5+/t15-,17+,18-,20-/m1/s1. The topological polar surface area (TPSA) is 81.1 Å². The lowest BCUT2D eigenvalue weighted by Crippen LogP contribution is -2.33. The number of hydrogen-bond donors (Lipinski definition) is 1. The van der Waals surface area contributed by atoms with E-state index in [1.165, 1.54) is 0 Å². The van der Waals surface area contributed by atoms with E-state index < -0.39 is 30.4 Å². The summed E-state index contributed by atoms with van der Waals surface area (Å²) in [5.74, 6) is -0.835. The number of nitrogens with zero attached hydrogens (tertiary/aromatic N) is 2. The number of fused-ring (bicyclic) bond motifs is 3. The molecule has 1 N–H and O–H groups in total. The van der Waals surface area contributed by atoms with Gasteiger partial charge in [-0.15, -0.1) is 0 Å². The smallest absolute Gasteiger partial charge is 0.273 e. The Bertz CT molecular complexity index is 972. The van der Waals surface area contributed by atoms with Crippen molar-refractivity contribution in [1.82, 2.24) is 9.88 Å². The van der Waals surface area contributed by atoms with E-state index in [1.54, 1.807) is 24.8 Å². The Kier molecular flexibility index (Phi) is 4.03. The number of aliphatic hydroxyl groups excluding tert-OH is 1. The van der Waals surface area contributed by atoms with Gasteiger partial charge in [-0.25, -0.2) is 4.98 Å². The monoisotopic (exact) mass is 382 g/mol. The van der Waals surface area contributed by atoms with Crippen molar-refractivity contribution in [3.63, 3.8) is 0 Å². The summed E-state index contributed by atoms with van der Waals surface area (Å²) in [6.45, 7) is 4.53. The molecule has 3 aliphatic rings. The highest BCUT2D eigenvalue weighted by Crippen LogP contribution is 2.37. The van der Waals surface area contributed by atoms with Crippen molar-refractivity contribution in [2.24, 2.45) is 0 Å². The zero-order chi connectivity index (χ0) is 19.5. The van der Waals surface area contributed by atoms with Crippen molar-refractivity contribution in [2.45, 2.75) is 50.8 Å². The van der Waals surface area contributed by atoms with Gasteiger partial charge in [-0.3, -0.25) is 4.79 Å². The van der Waals surface area contributed by atoms with Gasteiger partial charge in [0.05, 0.1) is 5.52 Å². The summed E-state index contributed by atoms with van der Waals surface area (Å²) in [5.41, 5.74) is 2.28. The molecule has 0 bridgehead atoms. The van der Waals surface area contributed by atoms with Crippen LogP contribution in [0.25, 0.3) is 10.9 Å². The van der Waals surface area contributed by atoms with Crippen molar-refractivity contribution in [3.05, 3.63) is 53.7 Å². The number of benzene rings is 1. The summed E-state index contributed by atoms with van der Waals surface area (Å²) < 4.78 is 17.1. The van der Waals surface area contributed by atoms with Gasteiger partial charge in [0.1, 0.15) is 24.0 Å². The fourth-order valence-corrected chi connectivity index (χ4v) is 4.04. The number of carbonyl (C=O) groups excluding carboxylic acids is 1. The Morgan fingerprint density at radius 1 is 1.32 bits per heavy atom. The van der Waals surface area contributed by atoms with Crippen molar-refractivity contribution in [1.29, 1.82) is 0 Å². The van der Waals surface area contributed by atoms with Crippen LogP contribution in [-0.4, -0.2) is 57.8 Å². The minimum atomic E-state index is -0.804. The highest BCUT2D eigenvalue weighted by molar-refractivity contribution is 5.99. The van der Waals surface area contributed by atoms with E-state index >= 15 is 0 Å². The average Bonchev–Trinajstić information content (AvgIpc) is 3.23. The molecular formula is C21H22N2O5. The lowest BCUT2D eigenvalue weighted by atomic mass is 10.1. The predicted octanol–water partition coefficient (Wildman–Crippen LogP) is 1.98. The summed E-state index contributed by atoms with van der Waals surface area (Å²) in [7, 11) is 0. The molecule has 7 heteroatoms. The molecule has 1 aromatic carbocycles. The van der Waals surface area contributed by atoms with Crippen molar-refractivity contribution in [3.8, 4) is 0 Å². The van der Waals surface area contributed by atoms with Gasteiger partial charge < -0.3 is 24.2 Å². The van der Waals surface area contributed by atoms with Crippen LogP contribution in [0.3, 0.4) is 0 Å². The van der Waals surface area contributed by atoms with Crippen molar-refractivity contribution < 1.29 is 24.1 Å². The van der Waals surface area contributed by atoms with Crippen LogP contribution in [0.4, 0.5) is 0 Å². The summed E-state index contributed by atoms with van der Waals surface area (Å²) in [6, 6.07) is 9.81. The first-order valence-electron chi connectivity index (χ1n) is 9.45. The quantitative estimate of drug-likeness (QED) is 0.818. The second-order valence-corrected chi connectivity index (χ2v) is 7.86. The van der Waals surface area contributed by atoms with E-state index in [4.69, 9.17) is 14.2 Å². The third-order valence-electron chi connectivity index (χ3n) is 5.36. The van der Waals surface area contributed by atoms with Gasteiger partial charge >= 0.3 is 0 Å². The normalized spacial score (nSPS) is 31.1. The lowest BCUT2D eigenvalue weighted by molar-refractivity contribution is -0.209. The molecule has 3 aliphatic heterocycles. The first-order valence-corrected chi connectivity index (χ1v) is 9.45. The van der Waals surface area contributed by atoms with E-state index in [9.17, 15) is 9.90 Å². The summed E-state index contributed by atoms with van der Waals surface area (Å²) >= 11 is 0. The highest BCUT2D eigenvalue weighted by atomic mass is 16.8. The van der Waals surface area contributed by atoms with Gasteiger partial charge in [0, 0.05) is 24.0 Å². The second-order valence-electron chi connectivity index (χ2n) is 7.86. The van der Waals surface area contributed by atoms with Crippen molar-refractivity contribution >= 4 is 16.8 Å². The minimum absolute atomic E-state index is 0.0800. The lowest BCUT2D eigenvalue weighted by Gasteiger charge is -2.21. The van der Waals surface area contributed by atoms with Crippen LogP contribution in [0.15, 0.2) is 42.5 Å². The first kappa shape index (κ1) is 17.8. The molecule has 0 spiro atoms. The molecule has 5 rings (SSSR count). The van der Waals surface area contributed by atoms with Gasteiger partial charge in [0.15, 0.2) is 12.1 Å². The molecule has 0 aliphatic carbocycles. The molecule has 1 amide bonds. The molecule has 28 heavy (non-hydrogen) atoms. The summed E-state index contributed by atoms with van der Waals surface area (Å²) in [4.78, 5) is 18.9. The molecule has 0 unspecified atom stereocenters. The van der Waals surface area contributed by atoms with Crippen LogP contribution in [0.5, 0.6) is 0 Å². The van der Waals surface area contributed by atoms with Crippen LogP contribution >= 0.6 is 0 Å². The van der Waals surface area contributed by atoms with Gasteiger partial charge in [-0.1, -0.05) is 30.4 Å². The summed E-state index contributed by atoms with van der Waals surface area (Å²) in [6.07, 6.45) is 1.20. The SMILES string of the molecule is CC1(C)O[C@H]2O[C@H](/C=C/CN3Cc4cc5ccccc5nc4C3=O)[C@H](O)[C@H]2O1. The molecule has 7 nitrogen and oxygen atoms in total. The largest absolute Gasteiger partial charge is 0.387 e. The Hall–Kier alpha value is -2.32. The van der Waals surface area contributed by atoms with Crippen LogP contribution in [0.1, 0.15) is 29.9 Å². The van der Waals surface area contributed by atoms with Crippen LogP contribution in [0.2, 0.25) is 0 Å². The van der Waals surface area contributed by atoms with E-state index in [1.807, 2.05) is 36.4 Å². The molecule has 4 atom stereocenters. The maximum Gasteiger partial charge on any atom is 0.273 e. The number of carbonyl (C=O) groups is 1. The first-order chi connectivity index (χ1) is 13.4. The number of rotatable bonds is 3. The fourth-order valence-electron chi connectivity index (χ4n) is 4.04. The number of ether oxygens (including phenoxy) is 3. The molecule has 0 radical (unpaired) electrons. The number of para-hydroxylation sites is 1. The Morgan fingerprint density at radius 3 is 2.96 bits per heavy atom. The number of hydrogen-bond acceptors (Lipinski definition) is 6. The number of pyridine rings is 1. The number of aromatic nitrogens is 1. The molecule has 4 heterocycles. The van der Waals surface area contributed by atoms with E-state index in [2.05, 4.69) is 4.98 Å². The number of aliphatic hydroxyl groups is 1. The third kappa shape index (κ3) is 2.91. The van der Waals surface area contributed by atoms with Crippen LogP contribution < -0.4 is 0 Å². The summed E-state index contributed by atoms with van der Waals surface area (Å²) in [5, 5.41) is 11.4. The van der Waals surface area contributed by atoms with Gasteiger partial charge in [0.25, 0.3) is 5.91 Å². The average molecular weight is 382 g/mol. The molecule has 146 valence electrons. The molecular weight excluding hydrogens is 360 g/mol. The molecule has 2 saturated heterocycles. The van der Waals surface area contributed by atoms with Crippen molar-refractivity contribution in [2.75, 3.05) is 6.54 Å². The van der Waals surface area contributed by atoms with Gasteiger partial charge in [0.2, 0.25) is 0 Å². The van der Waals surface area contributed by atoms with Crippen LogP contribution in [0, 0.1) is 0 Å². The van der Waals surface area contributed by atoms with E-state index in [0.29, 0.717) is 18.8 Å². The van der Waals surface area contributed by atoms with E-state index in [0.717, 1.165) is 16.5 Å². The second kappa shape index (κ2) is 6.35. The molecule has 2 aromatic rings. The maximum absolute atomic E-state index is 12.7. The zero-order valence-electron chi connectivity index (χ0n) is 15.7. The predicted molar refractivity (Wildman–Crippen MR) is 100 cm³/mol. The molecule has 1 aromatic heterocycles. The van der Waals surface area contributed by atoms with E-state index in [-0.39, 0.29) is 5.91 Å². The fraction of sp³-hybridized carbons (Fsp3) is 0.429. The van der Waals surface area contributed by atoms with Crippen LogP contribution in [-0.2, 0) is 20.8 Å². The van der Waals surface area contributed by atoms with Gasteiger partial charge in [-0.05, 0) is 26.0 Å². The zero-order valence-corrected chi connectivity index (χ0v) is 15.7. The Balaban J connectivity index is 1.25. The Morgan fingerprint density at radius 2 is 2.14 bits per heavy atom. The minimum Gasteiger partial charge on any atom is -0.387 e. The van der Waals surface area contributed by atoms with Gasteiger partial charge in [-0.2, -0.15) is 0 Å². The third-order valence-corrected chi connectivity index (χ3v) is 5.36. The highest BCUT2D eigenvalue weighted by Gasteiger charge is 2.53. The maximum atomic E-state index is 12.7. The Labute approximate surface area is 162 Å². The number of amides is 1. The molecule has 2 fully saturated rings.